The normalized spacial score (nSPS) is 12.5. The van der Waals surface area contributed by atoms with Crippen molar-refractivity contribution in [1.29, 1.82) is 0 Å². The molecule has 0 aliphatic rings. The first-order valence-corrected chi connectivity index (χ1v) is 4.60. The van der Waals surface area contributed by atoms with E-state index in [1.54, 1.807) is 0 Å². The molecule has 1 rings (SSSR count). The average Bonchev–Trinajstić information content (AvgIpc) is 2.17. The molecular formula is C11H12F2O3. The van der Waals surface area contributed by atoms with Crippen molar-refractivity contribution >= 4 is 5.97 Å². The van der Waals surface area contributed by atoms with Crippen LogP contribution in [0.25, 0.3) is 0 Å². The van der Waals surface area contributed by atoms with Gasteiger partial charge < -0.3 is 10.2 Å². The van der Waals surface area contributed by atoms with E-state index in [0.29, 0.717) is 0 Å². The van der Waals surface area contributed by atoms with Crippen molar-refractivity contribution in [2.75, 3.05) is 0 Å². The zero-order valence-corrected chi connectivity index (χ0v) is 8.87. The largest absolute Gasteiger partial charge is 0.508 e. The molecule has 0 bridgehead atoms. The van der Waals surface area contributed by atoms with Crippen molar-refractivity contribution < 1.29 is 23.8 Å². The Kier molecular flexibility index (Phi) is 2.90. The maximum absolute atomic E-state index is 13.9. The van der Waals surface area contributed by atoms with Gasteiger partial charge in [-0.2, -0.15) is 0 Å². The smallest absolute Gasteiger partial charge is 0.315 e. The Morgan fingerprint density at radius 2 is 1.88 bits per heavy atom. The first-order valence-electron chi connectivity index (χ1n) is 4.60. The summed E-state index contributed by atoms with van der Waals surface area (Å²) < 4.78 is 27.7. The van der Waals surface area contributed by atoms with E-state index in [2.05, 4.69) is 0 Å². The van der Waals surface area contributed by atoms with Gasteiger partial charge in [0.15, 0.2) is 0 Å². The van der Waals surface area contributed by atoms with Crippen LogP contribution in [0, 0.1) is 5.41 Å². The minimum Gasteiger partial charge on any atom is -0.508 e. The number of phenolic OH excluding ortho intramolecular Hbond substituents is 1. The average molecular weight is 230 g/mol. The summed E-state index contributed by atoms with van der Waals surface area (Å²) in [5.41, 5.74) is -2.75. The molecule has 1 aromatic rings. The highest BCUT2D eigenvalue weighted by atomic mass is 19.3. The van der Waals surface area contributed by atoms with Gasteiger partial charge in [-0.1, -0.05) is 12.1 Å². The SMILES string of the molecule is CC(C)(C(=O)O)C(F)(F)c1cccc(O)c1. The quantitative estimate of drug-likeness (QED) is 0.839. The maximum Gasteiger partial charge on any atom is 0.315 e. The molecule has 3 nitrogen and oxygen atoms in total. The first-order chi connectivity index (χ1) is 7.19. The van der Waals surface area contributed by atoms with Gasteiger partial charge in [0.2, 0.25) is 0 Å². The lowest BCUT2D eigenvalue weighted by Gasteiger charge is -2.30. The standard InChI is InChI=1S/C11H12F2O3/c1-10(2,9(15)16)11(12,13)7-4-3-5-8(14)6-7/h3-6,14H,1-2H3,(H,15,16). The van der Waals surface area contributed by atoms with Gasteiger partial charge in [0.1, 0.15) is 11.2 Å². The third kappa shape index (κ3) is 1.85. The summed E-state index contributed by atoms with van der Waals surface area (Å²) in [6.45, 7) is 1.89. The number of alkyl halides is 2. The number of benzene rings is 1. The number of carboxylic acid groups (broad SMARTS) is 1. The lowest BCUT2D eigenvalue weighted by molar-refractivity contribution is -0.175. The minimum atomic E-state index is -3.56. The predicted octanol–water partition coefficient (Wildman–Crippen LogP) is 2.59. The predicted molar refractivity (Wildman–Crippen MR) is 53.4 cm³/mol. The summed E-state index contributed by atoms with van der Waals surface area (Å²) in [5.74, 6) is -5.48. The van der Waals surface area contributed by atoms with Crippen LogP contribution in [-0.4, -0.2) is 16.2 Å². The number of hydrogen-bond donors (Lipinski definition) is 2. The number of carbonyl (C=O) groups is 1. The zero-order chi connectivity index (χ0) is 12.6. The minimum absolute atomic E-state index is 0.321. The van der Waals surface area contributed by atoms with Crippen molar-refractivity contribution in [2.45, 2.75) is 19.8 Å². The monoisotopic (exact) mass is 230 g/mol. The van der Waals surface area contributed by atoms with Crippen LogP contribution in [0.4, 0.5) is 8.78 Å². The number of rotatable bonds is 3. The molecule has 0 atom stereocenters. The molecule has 88 valence electrons. The molecule has 0 saturated carbocycles. The fourth-order valence-corrected chi connectivity index (χ4v) is 1.20. The van der Waals surface area contributed by atoms with Crippen LogP contribution in [0.2, 0.25) is 0 Å². The Hall–Kier alpha value is -1.65. The van der Waals surface area contributed by atoms with Gasteiger partial charge in [0, 0.05) is 5.56 Å². The van der Waals surface area contributed by atoms with Gasteiger partial charge in [0.25, 0.3) is 5.92 Å². The van der Waals surface area contributed by atoms with E-state index >= 15 is 0 Å². The Labute approximate surface area is 91.3 Å². The second-order valence-electron chi connectivity index (χ2n) is 4.05. The van der Waals surface area contributed by atoms with Gasteiger partial charge in [-0.05, 0) is 26.0 Å². The summed E-state index contributed by atoms with van der Waals surface area (Å²) in [6, 6.07) is 4.44. The van der Waals surface area contributed by atoms with E-state index in [9.17, 15) is 13.6 Å². The second kappa shape index (κ2) is 3.73. The fourth-order valence-electron chi connectivity index (χ4n) is 1.20. The summed E-state index contributed by atoms with van der Waals surface area (Å²) in [6.07, 6.45) is 0. The number of aliphatic carboxylic acids is 1. The van der Waals surface area contributed by atoms with Crippen LogP contribution < -0.4 is 0 Å². The molecule has 0 saturated heterocycles. The highest BCUT2D eigenvalue weighted by Gasteiger charge is 2.53. The molecule has 0 aliphatic heterocycles. The molecule has 0 amide bonds. The number of phenols is 1. The lowest BCUT2D eigenvalue weighted by atomic mass is 9.81. The third-order valence-electron chi connectivity index (χ3n) is 2.53. The van der Waals surface area contributed by atoms with Crippen LogP contribution in [0.1, 0.15) is 19.4 Å². The zero-order valence-electron chi connectivity index (χ0n) is 8.87. The highest BCUT2D eigenvalue weighted by Crippen LogP contribution is 2.45. The van der Waals surface area contributed by atoms with Gasteiger partial charge in [0.05, 0.1) is 0 Å². The van der Waals surface area contributed by atoms with Gasteiger partial charge in [-0.15, -0.1) is 0 Å². The van der Waals surface area contributed by atoms with Gasteiger partial charge >= 0.3 is 5.97 Å². The Balaban J connectivity index is 3.26. The lowest BCUT2D eigenvalue weighted by Crippen LogP contribution is -2.40. The first kappa shape index (κ1) is 12.4. The Morgan fingerprint density at radius 3 is 2.31 bits per heavy atom. The topological polar surface area (TPSA) is 57.5 Å². The number of halogens is 2. The fraction of sp³-hybridized carbons (Fsp3) is 0.364. The van der Waals surface area contributed by atoms with E-state index in [1.165, 1.54) is 12.1 Å². The molecule has 0 heterocycles. The molecule has 16 heavy (non-hydrogen) atoms. The summed E-state index contributed by atoms with van der Waals surface area (Å²) in [7, 11) is 0. The summed E-state index contributed by atoms with van der Waals surface area (Å²) >= 11 is 0. The molecule has 0 aromatic heterocycles. The van der Waals surface area contributed by atoms with Crippen LogP contribution in [0.15, 0.2) is 24.3 Å². The Bertz CT molecular complexity index is 413. The van der Waals surface area contributed by atoms with E-state index < -0.39 is 22.9 Å². The molecule has 0 unspecified atom stereocenters. The van der Waals surface area contributed by atoms with Crippen molar-refractivity contribution in [3.63, 3.8) is 0 Å². The molecule has 2 N–H and O–H groups in total. The second-order valence-corrected chi connectivity index (χ2v) is 4.05. The summed E-state index contributed by atoms with van der Waals surface area (Å²) in [4.78, 5) is 10.8. The van der Waals surface area contributed by atoms with Crippen molar-refractivity contribution in [3.8, 4) is 5.75 Å². The van der Waals surface area contributed by atoms with Gasteiger partial charge in [-0.3, -0.25) is 4.79 Å². The molecule has 0 aliphatic carbocycles. The van der Waals surface area contributed by atoms with Gasteiger partial charge in [-0.25, -0.2) is 8.78 Å². The highest BCUT2D eigenvalue weighted by molar-refractivity contribution is 5.75. The summed E-state index contributed by atoms with van der Waals surface area (Å²) in [5, 5.41) is 17.9. The molecule has 0 spiro atoms. The Morgan fingerprint density at radius 1 is 1.31 bits per heavy atom. The van der Waals surface area contributed by atoms with Crippen LogP contribution in [-0.2, 0) is 10.7 Å². The van der Waals surface area contributed by atoms with Crippen molar-refractivity contribution in [2.24, 2.45) is 5.41 Å². The molecule has 1 aromatic carbocycles. The van der Waals surface area contributed by atoms with Crippen LogP contribution >= 0.6 is 0 Å². The van der Waals surface area contributed by atoms with Crippen molar-refractivity contribution in [1.82, 2.24) is 0 Å². The third-order valence-corrected chi connectivity index (χ3v) is 2.53. The molecule has 0 fully saturated rings. The van der Waals surface area contributed by atoms with Crippen molar-refractivity contribution in [3.05, 3.63) is 29.8 Å². The van der Waals surface area contributed by atoms with E-state index in [1.807, 2.05) is 0 Å². The van der Waals surface area contributed by atoms with Crippen LogP contribution in [0.5, 0.6) is 5.75 Å². The number of carboxylic acids is 1. The van der Waals surface area contributed by atoms with E-state index in [-0.39, 0.29) is 5.75 Å². The van der Waals surface area contributed by atoms with E-state index in [0.717, 1.165) is 26.0 Å². The number of aromatic hydroxyl groups is 1. The number of hydrogen-bond acceptors (Lipinski definition) is 2. The van der Waals surface area contributed by atoms with E-state index in [4.69, 9.17) is 10.2 Å². The molecule has 5 heteroatoms. The molecule has 0 radical (unpaired) electrons. The molecular weight excluding hydrogens is 218 g/mol. The maximum atomic E-state index is 13.9. The van der Waals surface area contributed by atoms with Crippen LogP contribution in [0.3, 0.4) is 0 Å².